The molecule has 0 spiro atoms. The topological polar surface area (TPSA) is 75.4 Å². The van der Waals surface area contributed by atoms with Crippen LogP contribution in [-0.4, -0.2) is 18.1 Å². The van der Waals surface area contributed by atoms with Crippen LogP contribution < -0.4 is 9.64 Å². The Kier molecular flexibility index (Phi) is 5.40. The zero-order valence-corrected chi connectivity index (χ0v) is 17.1. The number of nitriles is 1. The molecule has 1 fully saturated rings. The molecule has 0 unspecified atom stereocenters. The Morgan fingerprint density at radius 2 is 2.07 bits per heavy atom. The van der Waals surface area contributed by atoms with Gasteiger partial charge in [0.05, 0.1) is 0 Å². The van der Waals surface area contributed by atoms with E-state index in [9.17, 15) is 5.26 Å². The van der Waals surface area contributed by atoms with Crippen LogP contribution in [0.3, 0.4) is 0 Å². The van der Waals surface area contributed by atoms with Crippen molar-refractivity contribution in [2.75, 3.05) is 18.0 Å². The fourth-order valence-electron chi connectivity index (χ4n) is 3.33. The van der Waals surface area contributed by atoms with E-state index in [1.165, 1.54) is 6.42 Å². The minimum absolute atomic E-state index is 0.296. The number of piperidine rings is 1. The van der Waals surface area contributed by atoms with Gasteiger partial charge in [0.15, 0.2) is 5.76 Å². The lowest BCUT2D eigenvalue weighted by Gasteiger charge is -2.30. The summed E-state index contributed by atoms with van der Waals surface area (Å²) in [5.74, 6) is 3.32. The van der Waals surface area contributed by atoms with Crippen LogP contribution >= 0.6 is 15.9 Å². The maximum atomic E-state index is 9.46. The highest BCUT2D eigenvalue weighted by Crippen LogP contribution is 2.32. The molecule has 1 aromatic carbocycles. The molecule has 0 amide bonds. The number of aromatic nitrogens is 1. The van der Waals surface area contributed by atoms with Crippen LogP contribution in [0.2, 0.25) is 0 Å². The average molecular weight is 442 g/mol. The standard InChI is InChI=1S/C21H20BrN3O3/c1-14-3-2-10-25(12-14)21-18(11-23)24-20(28-21)19-9-8-17(27-19)13-26-16-6-4-15(22)5-7-16/h4-9,14H,2-3,10,12-13H2,1H3/t14-/m0/s1. The normalized spacial score (nSPS) is 16.8. The van der Waals surface area contributed by atoms with E-state index in [2.05, 4.69) is 38.8 Å². The van der Waals surface area contributed by atoms with Crippen molar-refractivity contribution in [2.45, 2.75) is 26.4 Å². The zero-order valence-electron chi connectivity index (χ0n) is 15.5. The SMILES string of the molecule is C[C@H]1CCCN(c2oc(-c3ccc(COc4ccc(Br)cc4)o3)nc2C#N)C1. The molecule has 1 saturated heterocycles. The van der Waals surface area contributed by atoms with Gasteiger partial charge in [0.25, 0.3) is 5.89 Å². The molecule has 4 rings (SSSR count). The number of hydrogen-bond acceptors (Lipinski definition) is 6. The highest BCUT2D eigenvalue weighted by atomic mass is 79.9. The lowest BCUT2D eigenvalue weighted by molar-refractivity contribution is 0.271. The molecule has 0 saturated carbocycles. The second-order valence-corrected chi connectivity index (χ2v) is 7.90. The predicted molar refractivity (Wildman–Crippen MR) is 108 cm³/mol. The second kappa shape index (κ2) is 8.11. The van der Waals surface area contributed by atoms with Gasteiger partial charge in [-0.25, -0.2) is 0 Å². The molecule has 2 aromatic heterocycles. The van der Waals surface area contributed by atoms with Crippen molar-refractivity contribution in [3.05, 3.63) is 52.3 Å². The number of halogens is 1. The van der Waals surface area contributed by atoms with Crippen molar-refractivity contribution in [1.82, 2.24) is 4.98 Å². The maximum Gasteiger partial charge on any atom is 0.266 e. The quantitative estimate of drug-likeness (QED) is 0.528. The first-order valence-corrected chi connectivity index (χ1v) is 10.0. The van der Waals surface area contributed by atoms with E-state index in [0.29, 0.717) is 41.5 Å². The summed E-state index contributed by atoms with van der Waals surface area (Å²) >= 11 is 3.40. The molecule has 0 bridgehead atoms. The molecule has 0 N–H and O–H groups in total. The highest BCUT2D eigenvalue weighted by molar-refractivity contribution is 9.10. The van der Waals surface area contributed by atoms with Crippen LogP contribution in [0.1, 0.15) is 31.2 Å². The first-order chi connectivity index (χ1) is 13.6. The lowest BCUT2D eigenvalue weighted by atomic mass is 10.0. The third-order valence-electron chi connectivity index (χ3n) is 4.73. The Morgan fingerprint density at radius 3 is 2.82 bits per heavy atom. The van der Waals surface area contributed by atoms with Crippen LogP contribution in [0.25, 0.3) is 11.7 Å². The molecule has 1 atom stereocenters. The Bertz CT molecular complexity index is 987. The minimum atomic E-state index is 0.296. The summed E-state index contributed by atoms with van der Waals surface area (Å²) in [6.45, 7) is 4.25. The van der Waals surface area contributed by atoms with Gasteiger partial charge in [-0.3, -0.25) is 0 Å². The van der Waals surface area contributed by atoms with Crippen molar-refractivity contribution in [3.63, 3.8) is 0 Å². The number of rotatable bonds is 5. The summed E-state index contributed by atoms with van der Waals surface area (Å²) in [6, 6.07) is 13.4. The summed E-state index contributed by atoms with van der Waals surface area (Å²) < 4.78 is 18.5. The predicted octanol–water partition coefficient (Wildman–Crippen LogP) is 5.38. The van der Waals surface area contributed by atoms with Crippen LogP contribution in [0, 0.1) is 17.2 Å². The number of nitrogens with zero attached hydrogens (tertiary/aromatic N) is 3. The van der Waals surface area contributed by atoms with E-state index in [0.717, 1.165) is 29.7 Å². The molecule has 1 aliphatic rings. The number of hydrogen-bond donors (Lipinski definition) is 0. The van der Waals surface area contributed by atoms with Gasteiger partial charge in [-0.15, -0.1) is 0 Å². The van der Waals surface area contributed by atoms with Gasteiger partial charge in [0.1, 0.15) is 24.2 Å². The zero-order chi connectivity index (χ0) is 19.5. The maximum absolute atomic E-state index is 9.46. The van der Waals surface area contributed by atoms with Crippen LogP contribution in [0.4, 0.5) is 5.88 Å². The number of furan rings is 1. The third-order valence-corrected chi connectivity index (χ3v) is 5.26. The van der Waals surface area contributed by atoms with Gasteiger partial charge in [0, 0.05) is 17.6 Å². The lowest BCUT2D eigenvalue weighted by Crippen LogP contribution is -2.34. The molecule has 1 aliphatic heterocycles. The summed E-state index contributed by atoms with van der Waals surface area (Å²) in [5, 5.41) is 9.46. The van der Waals surface area contributed by atoms with Crippen molar-refractivity contribution >= 4 is 21.8 Å². The van der Waals surface area contributed by atoms with Crippen molar-refractivity contribution in [3.8, 4) is 23.5 Å². The fourth-order valence-corrected chi connectivity index (χ4v) is 3.60. The molecule has 28 heavy (non-hydrogen) atoms. The van der Waals surface area contributed by atoms with E-state index in [-0.39, 0.29) is 0 Å². The summed E-state index contributed by atoms with van der Waals surface area (Å²) in [7, 11) is 0. The molecule has 0 radical (unpaired) electrons. The van der Waals surface area contributed by atoms with Gasteiger partial charge in [0.2, 0.25) is 11.6 Å². The second-order valence-electron chi connectivity index (χ2n) is 6.99. The molecule has 0 aliphatic carbocycles. The average Bonchev–Trinajstić information content (AvgIpc) is 3.34. The number of oxazole rings is 1. The summed E-state index contributed by atoms with van der Waals surface area (Å²) in [4.78, 5) is 6.43. The van der Waals surface area contributed by atoms with E-state index >= 15 is 0 Å². The molecule has 3 heterocycles. The van der Waals surface area contributed by atoms with Crippen LogP contribution in [0.15, 0.2) is 49.7 Å². The van der Waals surface area contributed by atoms with Gasteiger partial charge >= 0.3 is 0 Å². The molecule has 144 valence electrons. The molecular weight excluding hydrogens is 422 g/mol. The van der Waals surface area contributed by atoms with Gasteiger partial charge in [-0.2, -0.15) is 10.2 Å². The third kappa shape index (κ3) is 4.07. The summed E-state index contributed by atoms with van der Waals surface area (Å²) in [5.41, 5.74) is 0.299. The first-order valence-electron chi connectivity index (χ1n) is 9.25. The van der Waals surface area contributed by atoms with Crippen LogP contribution in [0.5, 0.6) is 5.75 Å². The van der Waals surface area contributed by atoms with Crippen LogP contribution in [-0.2, 0) is 6.61 Å². The highest BCUT2D eigenvalue weighted by Gasteiger charge is 2.25. The fraction of sp³-hybridized carbons (Fsp3) is 0.333. The van der Waals surface area contributed by atoms with E-state index in [4.69, 9.17) is 13.6 Å². The monoisotopic (exact) mass is 441 g/mol. The Hall–Kier alpha value is -2.72. The van der Waals surface area contributed by atoms with Crippen molar-refractivity contribution in [1.29, 1.82) is 5.26 Å². The van der Waals surface area contributed by atoms with Gasteiger partial charge in [-0.05, 0) is 55.2 Å². The van der Waals surface area contributed by atoms with Gasteiger partial charge < -0.3 is 18.5 Å². The van der Waals surface area contributed by atoms with Gasteiger partial charge in [-0.1, -0.05) is 22.9 Å². The molecule has 3 aromatic rings. The minimum Gasteiger partial charge on any atom is -0.486 e. The molecule has 7 heteroatoms. The Morgan fingerprint density at radius 1 is 1.25 bits per heavy atom. The van der Waals surface area contributed by atoms with E-state index in [1.54, 1.807) is 6.07 Å². The molecular formula is C21H20BrN3O3. The number of ether oxygens (including phenoxy) is 1. The Balaban J connectivity index is 1.49. The van der Waals surface area contributed by atoms with Crippen molar-refractivity contribution in [2.24, 2.45) is 5.92 Å². The smallest absolute Gasteiger partial charge is 0.266 e. The summed E-state index contributed by atoms with van der Waals surface area (Å²) in [6.07, 6.45) is 2.28. The van der Waals surface area contributed by atoms with E-state index < -0.39 is 0 Å². The van der Waals surface area contributed by atoms with E-state index in [1.807, 2.05) is 30.3 Å². The Labute approximate surface area is 171 Å². The number of anilines is 1. The molecule has 6 nitrogen and oxygen atoms in total. The largest absolute Gasteiger partial charge is 0.486 e. The van der Waals surface area contributed by atoms with Crippen molar-refractivity contribution < 1.29 is 13.6 Å². The number of benzene rings is 1. The first kappa shape index (κ1) is 18.6.